The van der Waals surface area contributed by atoms with Gasteiger partial charge in [0.2, 0.25) is 6.79 Å². The van der Waals surface area contributed by atoms with Crippen molar-refractivity contribution in [2.45, 2.75) is 0 Å². The molecule has 0 spiro atoms. The zero-order valence-electron chi connectivity index (χ0n) is 14.7. The number of methoxy groups -OCH3 is 2. The van der Waals surface area contributed by atoms with Crippen molar-refractivity contribution in [1.82, 2.24) is 5.43 Å². The van der Waals surface area contributed by atoms with Gasteiger partial charge in [0, 0.05) is 23.4 Å². The first-order chi connectivity index (χ1) is 13.1. The number of fused-ring (bicyclic) bond motifs is 1. The lowest BCUT2D eigenvalue weighted by Gasteiger charge is -2.09. The van der Waals surface area contributed by atoms with Crippen molar-refractivity contribution in [3.63, 3.8) is 0 Å². The summed E-state index contributed by atoms with van der Waals surface area (Å²) < 4.78 is 20.9. The van der Waals surface area contributed by atoms with Gasteiger partial charge in [-0.1, -0.05) is 11.6 Å². The smallest absolute Gasteiger partial charge is 0.259 e. The van der Waals surface area contributed by atoms with Gasteiger partial charge >= 0.3 is 0 Å². The Labute approximate surface area is 161 Å². The van der Waals surface area contributed by atoms with E-state index in [9.17, 15) is 4.79 Å². The molecule has 0 aromatic heterocycles. The lowest BCUT2D eigenvalue weighted by molar-refractivity contribution is -0.119. The van der Waals surface area contributed by atoms with Crippen LogP contribution in [-0.2, 0) is 4.79 Å². The van der Waals surface area contributed by atoms with Crippen LogP contribution in [0.1, 0.15) is 5.56 Å². The number of nitrogens with one attached hydrogen (secondary N) is 2. The highest BCUT2D eigenvalue weighted by molar-refractivity contribution is 6.33. The summed E-state index contributed by atoms with van der Waals surface area (Å²) in [5.74, 6) is 2.03. The van der Waals surface area contributed by atoms with E-state index in [0.29, 0.717) is 33.6 Å². The van der Waals surface area contributed by atoms with Crippen molar-refractivity contribution in [3.05, 3.63) is 40.9 Å². The number of carbonyl (C=O) groups excluding carboxylic acids is 1. The van der Waals surface area contributed by atoms with Gasteiger partial charge in [-0.3, -0.25) is 4.79 Å². The van der Waals surface area contributed by atoms with Crippen molar-refractivity contribution in [2.75, 3.05) is 32.9 Å². The summed E-state index contributed by atoms with van der Waals surface area (Å²) in [6, 6.07) is 8.63. The molecule has 1 heterocycles. The topological polar surface area (TPSA) is 90.4 Å². The van der Waals surface area contributed by atoms with E-state index in [1.807, 2.05) is 0 Å². The summed E-state index contributed by atoms with van der Waals surface area (Å²) in [5.41, 5.74) is 3.75. The van der Waals surface area contributed by atoms with Crippen LogP contribution in [0.4, 0.5) is 5.69 Å². The highest BCUT2D eigenvalue weighted by Gasteiger charge is 2.13. The Morgan fingerprint density at radius 2 is 1.93 bits per heavy atom. The molecule has 3 rings (SSSR count). The first-order valence-electron chi connectivity index (χ1n) is 7.97. The minimum absolute atomic E-state index is 0.0383. The first kappa shape index (κ1) is 18.7. The van der Waals surface area contributed by atoms with Crippen LogP contribution >= 0.6 is 11.6 Å². The van der Waals surface area contributed by atoms with Crippen molar-refractivity contribution in [3.8, 4) is 23.0 Å². The molecule has 0 saturated carbocycles. The van der Waals surface area contributed by atoms with Gasteiger partial charge in [-0.15, -0.1) is 0 Å². The average molecular weight is 392 g/mol. The third-order valence-electron chi connectivity index (χ3n) is 3.72. The highest BCUT2D eigenvalue weighted by atomic mass is 35.5. The Balaban J connectivity index is 1.54. The predicted octanol–water partition coefficient (Wildman–Crippen LogP) is 2.65. The van der Waals surface area contributed by atoms with Crippen molar-refractivity contribution in [1.29, 1.82) is 0 Å². The number of nitrogens with zero attached hydrogens (tertiary/aromatic N) is 1. The molecule has 0 radical (unpaired) electrons. The molecular formula is C18H18ClN3O5. The molecule has 0 atom stereocenters. The minimum Gasteiger partial charge on any atom is -0.493 e. The minimum atomic E-state index is -0.319. The highest BCUT2D eigenvalue weighted by Crippen LogP contribution is 2.34. The molecule has 0 saturated heterocycles. The van der Waals surface area contributed by atoms with Gasteiger partial charge in [0.15, 0.2) is 23.0 Å². The van der Waals surface area contributed by atoms with Crippen LogP contribution in [0.25, 0.3) is 0 Å². The van der Waals surface area contributed by atoms with E-state index in [2.05, 4.69) is 15.8 Å². The maximum absolute atomic E-state index is 11.9. The number of benzene rings is 2. The fourth-order valence-electron chi connectivity index (χ4n) is 2.37. The van der Waals surface area contributed by atoms with Crippen LogP contribution in [0.3, 0.4) is 0 Å². The van der Waals surface area contributed by atoms with Crippen LogP contribution in [0.15, 0.2) is 35.4 Å². The van der Waals surface area contributed by atoms with Crippen LogP contribution in [0.2, 0.25) is 5.02 Å². The summed E-state index contributed by atoms with van der Waals surface area (Å²) >= 11 is 6.17. The predicted molar refractivity (Wildman–Crippen MR) is 101 cm³/mol. The third-order valence-corrected chi connectivity index (χ3v) is 4.05. The van der Waals surface area contributed by atoms with Gasteiger partial charge in [0.1, 0.15) is 0 Å². The molecule has 0 bridgehead atoms. The summed E-state index contributed by atoms with van der Waals surface area (Å²) in [6.45, 7) is 0.239. The molecular weight excluding hydrogens is 374 g/mol. The van der Waals surface area contributed by atoms with Gasteiger partial charge in [-0.2, -0.15) is 5.10 Å². The van der Waals surface area contributed by atoms with Crippen LogP contribution < -0.4 is 29.7 Å². The lowest BCUT2D eigenvalue weighted by Crippen LogP contribution is -2.25. The third kappa shape index (κ3) is 4.53. The Hall–Kier alpha value is -3.13. The number of rotatable bonds is 7. The maximum atomic E-state index is 11.9. The molecule has 0 fully saturated rings. The van der Waals surface area contributed by atoms with Gasteiger partial charge < -0.3 is 24.3 Å². The van der Waals surface area contributed by atoms with Gasteiger partial charge in [-0.25, -0.2) is 5.43 Å². The first-order valence-corrected chi connectivity index (χ1v) is 8.35. The van der Waals surface area contributed by atoms with Gasteiger partial charge in [-0.05, 0) is 18.2 Å². The molecule has 8 nitrogen and oxygen atoms in total. The number of hydrogen-bond acceptors (Lipinski definition) is 7. The second kappa shape index (κ2) is 8.50. The van der Waals surface area contributed by atoms with E-state index >= 15 is 0 Å². The van der Waals surface area contributed by atoms with Crippen LogP contribution in [0, 0.1) is 0 Å². The molecule has 1 amide bonds. The molecule has 0 aliphatic carbocycles. The molecule has 2 N–H and O–H groups in total. The van der Waals surface area contributed by atoms with Crippen molar-refractivity contribution in [2.24, 2.45) is 5.10 Å². The van der Waals surface area contributed by atoms with Crippen LogP contribution in [-0.4, -0.2) is 39.7 Å². The SMILES string of the molecule is COc1cc(Cl)c(/C=N\NC(=O)CNc2ccc3c(c2)OCO3)cc1OC. The Kier molecular flexibility index (Phi) is 5.87. The van der Waals surface area contributed by atoms with Crippen LogP contribution in [0.5, 0.6) is 23.0 Å². The number of carbonyl (C=O) groups is 1. The normalized spacial score (nSPS) is 12.1. The largest absolute Gasteiger partial charge is 0.493 e. The van der Waals surface area contributed by atoms with E-state index in [4.69, 9.17) is 30.5 Å². The van der Waals surface area contributed by atoms with E-state index in [0.717, 1.165) is 5.69 Å². The van der Waals surface area contributed by atoms with Crippen molar-refractivity contribution >= 4 is 29.4 Å². The van der Waals surface area contributed by atoms with Gasteiger partial charge in [0.25, 0.3) is 5.91 Å². The number of amides is 1. The van der Waals surface area contributed by atoms with E-state index in [-0.39, 0.29) is 19.2 Å². The molecule has 9 heteroatoms. The number of anilines is 1. The summed E-state index contributed by atoms with van der Waals surface area (Å²) in [7, 11) is 3.05. The summed E-state index contributed by atoms with van der Waals surface area (Å²) in [6.07, 6.45) is 1.43. The number of hydrogen-bond donors (Lipinski definition) is 2. The van der Waals surface area contributed by atoms with E-state index in [1.54, 1.807) is 30.3 Å². The van der Waals surface area contributed by atoms with Gasteiger partial charge in [0.05, 0.1) is 32.0 Å². The molecule has 1 aliphatic heterocycles. The summed E-state index contributed by atoms with van der Waals surface area (Å²) in [4.78, 5) is 11.9. The average Bonchev–Trinajstić information content (AvgIpc) is 3.15. The molecule has 2 aromatic carbocycles. The zero-order chi connectivity index (χ0) is 19.2. The molecule has 0 unspecified atom stereocenters. The molecule has 2 aromatic rings. The Morgan fingerprint density at radius 3 is 2.70 bits per heavy atom. The monoisotopic (exact) mass is 391 g/mol. The molecule has 27 heavy (non-hydrogen) atoms. The second-order valence-electron chi connectivity index (χ2n) is 5.44. The Morgan fingerprint density at radius 1 is 1.19 bits per heavy atom. The number of hydrazone groups is 1. The zero-order valence-corrected chi connectivity index (χ0v) is 15.5. The van der Waals surface area contributed by atoms with Crippen molar-refractivity contribution < 1.29 is 23.7 Å². The molecule has 142 valence electrons. The standard InChI is InChI=1S/C18H18ClN3O5/c1-24-15-5-11(13(19)7-16(15)25-2)8-21-22-18(23)9-20-12-3-4-14-17(6-12)27-10-26-14/h3-8,20H,9-10H2,1-2H3,(H,22,23)/b21-8-. The summed E-state index contributed by atoms with van der Waals surface area (Å²) in [5, 5.41) is 7.32. The second-order valence-corrected chi connectivity index (χ2v) is 5.85. The fraction of sp³-hybridized carbons (Fsp3) is 0.222. The Bertz CT molecular complexity index is 872. The van der Waals surface area contributed by atoms with E-state index in [1.165, 1.54) is 20.4 Å². The quantitative estimate of drug-likeness (QED) is 0.557. The maximum Gasteiger partial charge on any atom is 0.259 e. The number of halogens is 1. The fourth-order valence-corrected chi connectivity index (χ4v) is 2.57. The molecule has 1 aliphatic rings. The lowest BCUT2D eigenvalue weighted by atomic mass is 10.2. The number of ether oxygens (including phenoxy) is 4. The van der Waals surface area contributed by atoms with E-state index < -0.39 is 0 Å².